The summed E-state index contributed by atoms with van der Waals surface area (Å²) in [5, 5.41) is 6.24. The zero-order valence-electron chi connectivity index (χ0n) is 14.4. The Morgan fingerprint density at radius 2 is 1.57 bits per heavy atom. The Balaban J connectivity index is 1.96. The van der Waals surface area contributed by atoms with Gasteiger partial charge >= 0.3 is 0 Å². The Labute approximate surface area is 169 Å². The van der Waals surface area contributed by atoms with Crippen molar-refractivity contribution in [3.05, 3.63) is 93.2 Å². The average Bonchev–Trinajstić information content (AvgIpc) is 3.08. The lowest BCUT2D eigenvalue weighted by Gasteiger charge is -2.08. The molecule has 136 valence electrons. The van der Waals surface area contributed by atoms with Crippen LogP contribution in [-0.2, 0) is 0 Å². The third-order valence-corrected chi connectivity index (χ3v) is 4.96. The van der Waals surface area contributed by atoms with Crippen LogP contribution >= 0.6 is 23.2 Å². The standard InChI is InChI=1S/C21H12Cl2N4O/c22-14-6-3-5-13(11-14)19-25-27-20(28)17-9-1-2-10-18(17)24-21(27)26(19)16-8-4-7-15(23)12-16/h1-12H. The SMILES string of the molecule is O=c1c2ccccc2nc2n(-c3cccc(Cl)c3)c(-c3cccc(Cl)c3)nn12. The summed E-state index contributed by atoms with van der Waals surface area (Å²) in [5.74, 6) is 0.950. The largest absolute Gasteiger partial charge is 0.283 e. The third-order valence-electron chi connectivity index (χ3n) is 4.49. The summed E-state index contributed by atoms with van der Waals surface area (Å²) in [5.41, 5.74) is 1.89. The summed E-state index contributed by atoms with van der Waals surface area (Å²) in [6.45, 7) is 0. The third kappa shape index (κ3) is 2.68. The number of halogens is 2. The molecule has 28 heavy (non-hydrogen) atoms. The van der Waals surface area contributed by atoms with Gasteiger partial charge in [-0.05, 0) is 42.5 Å². The molecule has 5 aromatic rings. The van der Waals surface area contributed by atoms with Crippen LogP contribution < -0.4 is 5.56 Å². The lowest BCUT2D eigenvalue weighted by molar-refractivity contribution is 0.917. The molecule has 7 heteroatoms. The first kappa shape index (κ1) is 17.0. The molecule has 5 rings (SSSR count). The summed E-state index contributed by atoms with van der Waals surface area (Å²) in [4.78, 5) is 17.7. The number of para-hydroxylation sites is 1. The van der Waals surface area contributed by atoms with Gasteiger partial charge in [-0.1, -0.05) is 53.5 Å². The van der Waals surface area contributed by atoms with Gasteiger partial charge in [-0.25, -0.2) is 4.98 Å². The number of nitrogens with zero attached hydrogens (tertiary/aromatic N) is 4. The van der Waals surface area contributed by atoms with Gasteiger partial charge in [-0.3, -0.25) is 9.36 Å². The first-order valence-electron chi connectivity index (χ1n) is 8.54. The van der Waals surface area contributed by atoms with E-state index in [0.29, 0.717) is 32.6 Å². The quantitative estimate of drug-likeness (QED) is 0.414. The summed E-state index contributed by atoms with van der Waals surface area (Å²) in [6, 6.07) is 21.9. The summed E-state index contributed by atoms with van der Waals surface area (Å²) < 4.78 is 3.13. The van der Waals surface area contributed by atoms with Crippen LogP contribution in [0.15, 0.2) is 77.6 Å². The van der Waals surface area contributed by atoms with Crippen LogP contribution in [0.2, 0.25) is 10.0 Å². The second-order valence-corrected chi connectivity index (χ2v) is 7.17. The molecule has 5 nitrogen and oxygen atoms in total. The van der Waals surface area contributed by atoms with Gasteiger partial charge in [0, 0.05) is 15.6 Å². The molecule has 0 N–H and O–H groups in total. The fourth-order valence-corrected chi connectivity index (χ4v) is 3.62. The Morgan fingerprint density at radius 3 is 2.36 bits per heavy atom. The fraction of sp³-hybridized carbons (Fsp3) is 0. The van der Waals surface area contributed by atoms with E-state index in [4.69, 9.17) is 28.2 Å². The molecular weight excluding hydrogens is 395 g/mol. The molecule has 0 unspecified atom stereocenters. The van der Waals surface area contributed by atoms with Crippen molar-refractivity contribution < 1.29 is 0 Å². The minimum Gasteiger partial charge on any atom is -0.267 e. The van der Waals surface area contributed by atoms with Crippen molar-refractivity contribution in [1.29, 1.82) is 0 Å². The average molecular weight is 407 g/mol. The van der Waals surface area contributed by atoms with E-state index in [1.165, 1.54) is 4.52 Å². The monoisotopic (exact) mass is 406 g/mol. The van der Waals surface area contributed by atoms with Crippen molar-refractivity contribution in [2.24, 2.45) is 0 Å². The number of fused-ring (bicyclic) bond motifs is 2. The van der Waals surface area contributed by atoms with Crippen molar-refractivity contribution in [2.75, 3.05) is 0 Å². The van der Waals surface area contributed by atoms with Crippen molar-refractivity contribution in [3.63, 3.8) is 0 Å². The molecule has 0 saturated heterocycles. The normalized spacial score (nSPS) is 11.4. The number of rotatable bonds is 2. The van der Waals surface area contributed by atoms with E-state index in [1.807, 2.05) is 47.0 Å². The Hall–Kier alpha value is -3.15. The van der Waals surface area contributed by atoms with E-state index in [-0.39, 0.29) is 5.56 Å². The first-order valence-corrected chi connectivity index (χ1v) is 9.30. The zero-order chi connectivity index (χ0) is 19.3. The minimum absolute atomic E-state index is 0.232. The molecule has 0 radical (unpaired) electrons. The molecular formula is C21H12Cl2N4O. The second kappa shape index (κ2) is 6.48. The van der Waals surface area contributed by atoms with Crippen molar-refractivity contribution in [1.82, 2.24) is 19.2 Å². The van der Waals surface area contributed by atoms with E-state index < -0.39 is 0 Å². The van der Waals surface area contributed by atoms with Crippen LogP contribution in [0.4, 0.5) is 0 Å². The fourth-order valence-electron chi connectivity index (χ4n) is 3.25. The number of aromatic nitrogens is 4. The maximum atomic E-state index is 13.0. The van der Waals surface area contributed by atoms with E-state index in [0.717, 1.165) is 11.3 Å². The van der Waals surface area contributed by atoms with Crippen LogP contribution in [0, 0.1) is 0 Å². The Morgan fingerprint density at radius 1 is 0.821 bits per heavy atom. The lowest BCUT2D eigenvalue weighted by atomic mass is 10.2. The smallest absolute Gasteiger partial charge is 0.267 e. The van der Waals surface area contributed by atoms with E-state index in [1.54, 1.807) is 30.3 Å². The van der Waals surface area contributed by atoms with Gasteiger partial charge in [0.05, 0.1) is 16.6 Å². The van der Waals surface area contributed by atoms with Crippen LogP contribution in [0.25, 0.3) is 33.8 Å². The molecule has 0 bridgehead atoms. The van der Waals surface area contributed by atoms with Crippen LogP contribution in [-0.4, -0.2) is 19.2 Å². The van der Waals surface area contributed by atoms with E-state index in [2.05, 4.69) is 5.10 Å². The van der Waals surface area contributed by atoms with Crippen molar-refractivity contribution in [3.8, 4) is 17.1 Å². The molecule has 0 spiro atoms. The molecule has 2 aromatic heterocycles. The predicted molar refractivity (Wildman–Crippen MR) is 112 cm³/mol. The summed E-state index contributed by atoms with van der Waals surface area (Å²) in [7, 11) is 0. The van der Waals surface area contributed by atoms with Crippen LogP contribution in [0.5, 0.6) is 0 Å². The highest BCUT2D eigenvalue weighted by molar-refractivity contribution is 6.31. The van der Waals surface area contributed by atoms with Crippen LogP contribution in [0.1, 0.15) is 0 Å². The van der Waals surface area contributed by atoms with Crippen LogP contribution in [0.3, 0.4) is 0 Å². The topological polar surface area (TPSA) is 52.2 Å². The highest BCUT2D eigenvalue weighted by Gasteiger charge is 2.19. The molecule has 0 atom stereocenters. The van der Waals surface area contributed by atoms with Gasteiger partial charge in [0.15, 0.2) is 5.82 Å². The number of hydrogen-bond acceptors (Lipinski definition) is 3. The summed E-state index contributed by atoms with van der Waals surface area (Å²) >= 11 is 12.4. The minimum atomic E-state index is -0.232. The predicted octanol–water partition coefficient (Wildman–Crippen LogP) is 5.01. The maximum Gasteiger partial charge on any atom is 0.283 e. The Kier molecular flexibility index (Phi) is 3.93. The van der Waals surface area contributed by atoms with Crippen molar-refractivity contribution >= 4 is 39.9 Å². The number of benzene rings is 3. The molecule has 2 heterocycles. The highest BCUT2D eigenvalue weighted by Crippen LogP contribution is 2.27. The van der Waals surface area contributed by atoms with E-state index >= 15 is 0 Å². The molecule has 0 fully saturated rings. The molecule has 0 saturated carbocycles. The van der Waals surface area contributed by atoms with E-state index in [9.17, 15) is 4.79 Å². The van der Waals surface area contributed by atoms with Gasteiger partial charge in [-0.15, -0.1) is 5.10 Å². The molecule has 3 aromatic carbocycles. The highest BCUT2D eigenvalue weighted by atomic mass is 35.5. The van der Waals surface area contributed by atoms with Gasteiger partial charge in [0.2, 0.25) is 5.78 Å². The maximum absolute atomic E-state index is 13.0. The second-order valence-electron chi connectivity index (χ2n) is 6.30. The first-order chi connectivity index (χ1) is 13.6. The van der Waals surface area contributed by atoms with Gasteiger partial charge in [0.25, 0.3) is 5.56 Å². The van der Waals surface area contributed by atoms with Gasteiger partial charge < -0.3 is 0 Å². The molecule has 0 aliphatic rings. The van der Waals surface area contributed by atoms with Gasteiger partial charge in [-0.2, -0.15) is 4.52 Å². The molecule has 0 amide bonds. The van der Waals surface area contributed by atoms with Gasteiger partial charge in [0.1, 0.15) is 0 Å². The van der Waals surface area contributed by atoms with Crippen molar-refractivity contribution in [2.45, 2.75) is 0 Å². The number of hydrogen-bond donors (Lipinski definition) is 0. The molecule has 0 aliphatic heterocycles. The lowest BCUT2D eigenvalue weighted by Crippen LogP contribution is -2.16. The zero-order valence-corrected chi connectivity index (χ0v) is 15.9. The molecule has 0 aliphatic carbocycles. The Bertz CT molecular complexity index is 1420. The summed E-state index contributed by atoms with van der Waals surface area (Å²) in [6.07, 6.45) is 0.